The maximum atomic E-state index is 9.25. The maximum Gasteiger partial charge on any atom is 0 e. The van der Waals surface area contributed by atoms with Crippen molar-refractivity contribution in [3.05, 3.63) is 0 Å². The zero-order chi connectivity index (χ0) is 4.50. The van der Waals surface area contributed by atoms with E-state index < -0.39 is 6.94 Å². The monoisotopic (exact) mass is 260 g/mol. The molecule has 0 aromatic rings. The molecule has 30 valence electrons. The first-order valence-corrected chi connectivity index (χ1v) is 6.29. The Hall–Kier alpha value is 1.40. The summed E-state index contributed by atoms with van der Waals surface area (Å²) in [5.41, 5.74) is 0. The van der Waals surface area contributed by atoms with Crippen LogP contribution in [0, 0.1) is 0 Å². The van der Waals surface area contributed by atoms with Crippen molar-refractivity contribution < 1.29 is 32.4 Å². The minimum absolute atomic E-state index is 0. The molecule has 0 amide bonds. The van der Waals surface area contributed by atoms with Gasteiger partial charge in [0.05, 0.1) is 0 Å². The molecule has 6 heteroatoms. The number of hydrogen-bond donors (Lipinski definition) is 1. The zero-order valence-corrected chi connectivity index (χ0v) is 10.0. The summed E-state index contributed by atoms with van der Waals surface area (Å²) in [6, 6.07) is 0. The van der Waals surface area contributed by atoms with Gasteiger partial charge < -0.3 is 0 Å². The number of hydrogen-bond acceptors (Lipinski definition) is 2. The van der Waals surface area contributed by atoms with Crippen LogP contribution in [0.4, 0.5) is 0 Å². The van der Waals surface area contributed by atoms with Gasteiger partial charge in [-0.3, -0.25) is 0 Å². The van der Waals surface area contributed by atoms with Crippen LogP contribution in [-0.4, -0.2) is 35.9 Å². The molecule has 0 aliphatic rings. The first-order chi connectivity index (χ1) is 2.00. The van der Waals surface area contributed by atoms with E-state index in [0.29, 0.717) is 0 Å². The van der Waals surface area contributed by atoms with E-state index in [1.165, 1.54) is 0 Å². The molecule has 0 fully saturated rings. The summed E-state index contributed by atoms with van der Waals surface area (Å²) in [6.07, 6.45) is 0. The maximum absolute atomic E-state index is 9.25. The molecule has 0 saturated carbocycles. The quantitative estimate of drug-likeness (QED) is 0.447. The molecule has 6 heavy (non-hydrogen) atoms. The Morgan fingerprint density at radius 3 is 1.50 bits per heavy atom. The Morgan fingerprint density at radius 1 is 1.50 bits per heavy atom. The molecular weight excluding hydrogens is 260 g/mol. The summed E-state index contributed by atoms with van der Waals surface area (Å²) < 4.78 is 26.0. The Bertz CT molecular complexity index is 94.0. The topological polar surface area (TPSA) is 54.4 Å². The van der Waals surface area contributed by atoms with Crippen LogP contribution < -0.4 is 0 Å². The van der Waals surface area contributed by atoms with Crippen LogP contribution >= 0.6 is 0 Å². The fourth-order valence-electron chi connectivity index (χ4n) is 0. The fourth-order valence-corrected chi connectivity index (χ4v) is 0. The second kappa shape index (κ2) is 3.41. The predicted octanol–water partition coefficient (Wildman–Crippen LogP) is -1.04. The van der Waals surface area contributed by atoms with E-state index in [1.807, 2.05) is 0 Å². The third-order valence-corrected chi connectivity index (χ3v) is 0. The van der Waals surface area contributed by atoms with Gasteiger partial charge in [0.1, 0.15) is 0 Å². The fraction of sp³-hybridized carbons (Fsp3) is 0. The normalized spacial score (nSPS) is 9.50. The molecule has 0 spiro atoms. The average Bonchev–Trinajstić information content (AvgIpc) is 0.722. The summed E-state index contributed by atoms with van der Waals surface area (Å²) in [5.74, 6) is 0. The van der Waals surface area contributed by atoms with E-state index in [9.17, 15) is 8.42 Å². The summed E-state index contributed by atoms with van der Waals surface area (Å²) in [7, 11) is 0. The Balaban J connectivity index is 0. The summed E-state index contributed by atoms with van der Waals surface area (Å²) in [5, 5.41) is 0. The molecule has 0 heterocycles. The smallest absolute Gasteiger partial charge is 0 e. The molecule has 1 N–H and O–H groups in total. The van der Waals surface area contributed by atoms with Gasteiger partial charge in [-0.25, -0.2) is 0 Å². The first-order valence-electron chi connectivity index (χ1n) is 0.752. The molecule has 0 atom stereocenters. The van der Waals surface area contributed by atoms with Crippen molar-refractivity contribution in [3.8, 4) is 0 Å². The molecule has 0 saturated heterocycles. The summed E-state index contributed by atoms with van der Waals surface area (Å²) in [4.78, 5) is 0. The van der Waals surface area contributed by atoms with Crippen molar-refractivity contribution in [2.75, 3.05) is 0 Å². The average molecular weight is 261 g/mol. The van der Waals surface area contributed by atoms with Gasteiger partial charge in [0.25, 0.3) is 0 Å². The molecule has 2 radical (unpaired) electrons. The Kier molecular flexibility index (Phi) is 5.91. The largest absolute Gasteiger partial charge is 0 e. The van der Waals surface area contributed by atoms with Crippen LogP contribution in [-0.2, 0) is 26.4 Å². The van der Waals surface area contributed by atoms with Crippen LogP contribution in [0.25, 0.3) is 0 Å². The Labute approximate surface area is 61.9 Å². The van der Waals surface area contributed by atoms with E-state index in [-0.39, 0.29) is 42.4 Å². The van der Waals surface area contributed by atoms with Crippen LogP contribution in [0.15, 0.2) is 0 Å². The zero-order valence-electron chi connectivity index (χ0n) is 2.96. The van der Waals surface area contributed by atoms with E-state index in [2.05, 4.69) is 0 Å². The number of rotatable bonds is 0. The van der Waals surface area contributed by atoms with E-state index in [4.69, 9.17) is 4.55 Å². The van der Waals surface area contributed by atoms with Gasteiger partial charge in [-0.2, -0.15) is 0 Å². The van der Waals surface area contributed by atoms with Crippen LogP contribution in [0.5, 0.6) is 0 Å². The molecular formula is HInO3SZn. The molecule has 0 rings (SSSR count). The van der Waals surface area contributed by atoms with E-state index in [1.54, 1.807) is 0 Å². The van der Waals surface area contributed by atoms with Crippen molar-refractivity contribution in [3.63, 3.8) is 0 Å². The predicted molar refractivity (Wildman–Crippen MR) is 17.3 cm³/mol. The van der Waals surface area contributed by atoms with Crippen LogP contribution in [0.2, 0.25) is 0 Å². The molecule has 0 aliphatic carbocycles. The minimum Gasteiger partial charge on any atom is 0 e. The molecule has 3 nitrogen and oxygen atoms in total. The second-order valence-electron chi connectivity index (χ2n) is 0.515. The van der Waals surface area contributed by atoms with Crippen molar-refractivity contribution in [2.45, 2.75) is 0 Å². The molecule has 0 aromatic heterocycles. The van der Waals surface area contributed by atoms with Crippen molar-refractivity contribution in [1.82, 2.24) is 0 Å². The van der Waals surface area contributed by atoms with Crippen molar-refractivity contribution in [1.29, 1.82) is 0 Å². The summed E-state index contributed by atoms with van der Waals surface area (Å²) >= 11 is -0.108. The van der Waals surface area contributed by atoms with Crippen LogP contribution in [0.3, 0.4) is 0 Å². The van der Waals surface area contributed by atoms with Gasteiger partial charge in [-0.05, 0) is 0 Å². The van der Waals surface area contributed by atoms with Gasteiger partial charge in [-0.1, -0.05) is 0 Å². The van der Waals surface area contributed by atoms with Crippen LogP contribution in [0.1, 0.15) is 0 Å². The van der Waals surface area contributed by atoms with Gasteiger partial charge in [0.2, 0.25) is 0 Å². The Morgan fingerprint density at radius 2 is 1.50 bits per heavy atom. The molecule has 0 unspecified atom stereocenters. The van der Waals surface area contributed by atoms with Gasteiger partial charge >= 0.3 is 42.8 Å². The molecule has 0 bridgehead atoms. The summed E-state index contributed by atoms with van der Waals surface area (Å²) in [6.45, 7) is -3.54. The minimum atomic E-state index is -3.54. The third-order valence-electron chi connectivity index (χ3n) is 0. The standard InChI is InChI=1S/In.HO3S.Zn/c;1-4(2)3;/h;(H,1,2,3);. The van der Waals surface area contributed by atoms with Crippen molar-refractivity contribution >= 4 is 29.9 Å². The van der Waals surface area contributed by atoms with Gasteiger partial charge in [0, 0.05) is 19.5 Å². The van der Waals surface area contributed by atoms with Gasteiger partial charge in [0.15, 0.2) is 0 Å². The third kappa shape index (κ3) is 53.2. The van der Waals surface area contributed by atoms with E-state index >= 15 is 0 Å². The van der Waals surface area contributed by atoms with Crippen molar-refractivity contribution in [2.24, 2.45) is 0 Å². The van der Waals surface area contributed by atoms with E-state index in [0.717, 1.165) is 0 Å². The molecule has 0 aromatic carbocycles. The molecule has 0 aliphatic heterocycles. The SMILES string of the molecule is O=[S](=O)(O)[In].[Zn]. The second-order valence-corrected chi connectivity index (χ2v) is 6.65. The first kappa shape index (κ1) is 10.4. The van der Waals surface area contributed by atoms with Gasteiger partial charge in [-0.15, -0.1) is 0 Å².